The van der Waals surface area contributed by atoms with Crippen LogP contribution in [0.3, 0.4) is 0 Å². The van der Waals surface area contributed by atoms with Crippen molar-refractivity contribution >= 4 is 11.8 Å². The van der Waals surface area contributed by atoms with Gasteiger partial charge in [-0.1, -0.05) is 80.6 Å². The van der Waals surface area contributed by atoms with Gasteiger partial charge in [0, 0.05) is 18.2 Å². The first kappa shape index (κ1) is 22.1. The Morgan fingerprint density at radius 2 is 1.64 bits per heavy atom. The molecule has 0 radical (unpaired) electrons. The van der Waals surface area contributed by atoms with E-state index in [2.05, 4.69) is 10.2 Å². The summed E-state index contributed by atoms with van der Waals surface area (Å²) in [5.41, 5.74) is 1.84. The molecule has 174 valence electrons. The molecule has 2 amide bonds. The Morgan fingerprint density at radius 1 is 0.970 bits per heavy atom. The average molecular weight is 447 g/mol. The fourth-order valence-corrected chi connectivity index (χ4v) is 6.57. The molecule has 0 bridgehead atoms. The Kier molecular flexibility index (Phi) is 6.24. The zero-order valence-corrected chi connectivity index (χ0v) is 19.2. The summed E-state index contributed by atoms with van der Waals surface area (Å²) < 4.78 is 0. The van der Waals surface area contributed by atoms with Crippen LogP contribution in [0.1, 0.15) is 91.3 Å². The van der Waals surface area contributed by atoms with E-state index in [-0.39, 0.29) is 24.4 Å². The van der Waals surface area contributed by atoms with Crippen LogP contribution in [0.5, 0.6) is 0 Å². The molecule has 2 aromatic carbocycles. The van der Waals surface area contributed by atoms with Crippen molar-refractivity contribution in [3.8, 4) is 0 Å². The topological polar surface area (TPSA) is 69.6 Å². The maximum Gasteiger partial charge on any atom is 0.254 e. The Hall–Kier alpha value is -2.66. The van der Waals surface area contributed by atoms with E-state index in [1.807, 2.05) is 54.6 Å². The van der Waals surface area contributed by atoms with E-state index in [1.54, 1.807) is 0 Å². The van der Waals surface area contributed by atoms with Gasteiger partial charge in [0.25, 0.3) is 5.91 Å². The average Bonchev–Trinajstić information content (AvgIpc) is 3.38. The second-order valence-corrected chi connectivity index (χ2v) is 9.97. The first-order chi connectivity index (χ1) is 16.1. The van der Waals surface area contributed by atoms with E-state index in [1.165, 1.54) is 0 Å². The van der Waals surface area contributed by atoms with Crippen LogP contribution >= 0.6 is 0 Å². The minimum atomic E-state index is -0.760. The zero-order valence-electron chi connectivity index (χ0n) is 19.2. The second kappa shape index (κ2) is 9.30. The van der Waals surface area contributed by atoms with Crippen molar-refractivity contribution in [2.75, 3.05) is 6.54 Å². The maximum atomic E-state index is 13.9. The summed E-state index contributed by atoms with van der Waals surface area (Å²) >= 11 is 0. The summed E-state index contributed by atoms with van der Waals surface area (Å²) in [4.78, 5) is 29.9. The van der Waals surface area contributed by atoms with Crippen molar-refractivity contribution in [3.63, 3.8) is 0 Å². The first-order valence-electron chi connectivity index (χ1n) is 12.5. The first-order valence-corrected chi connectivity index (χ1v) is 12.5. The molecular weight excluding hydrogens is 412 g/mol. The Bertz CT molecular complexity index is 993. The van der Waals surface area contributed by atoms with Gasteiger partial charge in [-0.3, -0.25) is 9.59 Å². The molecule has 2 aliphatic carbocycles. The van der Waals surface area contributed by atoms with Crippen LogP contribution < -0.4 is 5.32 Å². The summed E-state index contributed by atoms with van der Waals surface area (Å²) in [6.07, 6.45) is 8.53. The summed E-state index contributed by atoms with van der Waals surface area (Å²) in [7, 11) is 0. The number of benzene rings is 2. The van der Waals surface area contributed by atoms with Crippen LogP contribution in [-0.2, 0) is 4.79 Å². The summed E-state index contributed by atoms with van der Waals surface area (Å²) in [5, 5.41) is 13.7. The van der Waals surface area contributed by atoms with E-state index in [0.29, 0.717) is 5.56 Å². The number of nitrogens with one attached hydrogen (secondary N) is 1. The van der Waals surface area contributed by atoms with Gasteiger partial charge in [0.2, 0.25) is 5.91 Å². The van der Waals surface area contributed by atoms with Gasteiger partial charge in [0.1, 0.15) is 0 Å². The van der Waals surface area contributed by atoms with Gasteiger partial charge in [-0.2, -0.15) is 0 Å². The minimum absolute atomic E-state index is 0.0742. The fraction of sp³-hybridized carbons (Fsp3) is 0.500. The number of fused-ring (bicyclic) bond motifs is 1. The third-order valence-corrected chi connectivity index (χ3v) is 8.06. The van der Waals surface area contributed by atoms with Gasteiger partial charge in [-0.25, -0.2) is 0 Å². The molecule has 2 N–H and O–H groups in total. The number of rotatable bonds is 5. The highest BCUT2D eigenvalue weighted by Gasteiger charge is 2.56. The zero-order chi connectivity index (χ0) is 22.8. The lowest BCUT2D eigenvalue weighted by molar-refractivity contribution is -0.128. The normalized spacial score (nSPS) is 23.4. The van der Waals surface area contributed by atoms with Crippen LogP contribution in [0.2, 0.25) is 0 Å². The van der Waals surface area contributed by atoms with Crippen molar-refractivity contribution in [2.24, 2.45) is 0 Å². The summed E-state index contributed by atoms with van der Waals surface area (Å²) in [5.74, 6) is -0.377. The van der Waals surface area contributed by atoms with Gasteiger partial charge >= 0.3 is 0 Å². The quantitative estimate of drug-likeness (QED) is 0.698. The number of hydrogen-bond acceptors (Lipinski definition) is 3. The lowest BCUT2D eigenvalue weighted by atomic mass is 9.64. The van der Waals surface area contributed by atoms with Gasteiger partial charge in [0.05, 0.1) is 17.6 Å². The molecule has 5 rings (SSSR count). The number of hydrogen-bond donors (Lipinski definition) is 2. The molecule has 1 spiro atoms. The number of carbonyl (C=O) groups excluding carboxylic acids is 2. The largest absolute Gasteiger partial charge is 0.387 e. The van der Waals surface area contributed by atoms with Crippen LogP contribution in [0.15, 0.2) is 54.6 Å². The van der Waals surface area contributed by atoms with Crippen molar-refractivity contribution in [2.45, 2.75) is 81.4 Å². The lowest BCUT2D eigenvalue weighted by Gasteiger charge is -2.56. The molecule has 0 unspecified atom stereocenters. The van der Waals surface area contributed by atoms with E-state index < -0.39 is 17.6 Å². The Morgan fingerprint density at radius 3 is 2.36 bits per heavy atom. The lowest BCUT2D eigenvalue weighted by Crippen LogP contribution is -2.65. The van der Waals surface area contributed by atoms with Crippen LogP contribution in [-0.4, -0.2) is 39.9 Å². The van der Waals surface area contributed by atoms with E-state index in [9.17, 15) is 14.7 Å². The maximum absolute atomic E-state index is 13.9. The van der Waals surface area contributed by atoms with Crippen LogP contribution in [0.4, 0.5) is 0 Å². The molecule has 0 aromatic heterocycles. The second-order valence-electron chi connectivity index (χ2n) is 9.97. The van der Waals surface area contributed by atoms with Crippen molar-refractivity contribution in [1.82, 2.24) is 10.2 Å². The molecule has 2 aromatic rings. The van der Waals surface area contributed by atoms with Gasteiger partial charge in [-0.15, -0.1) is 0 Å². The van der Waals surface area contributed by atoms with Crippen LogP contribution in [0, 0.1) is 0 Å². The summed E-state index contributed by atoms with van der Waals surface area (Å²) in [6, 6.07) is 17.3. The van der Waals surface area contributed by atoms with Gasteiger partial charge in [0.15, 0.2) is 0 Å². The number of aliphatic hydroxyl groups excluding tert-OH is 1. The Balaban J connectivity index is 1.50. The van der Waals surface area contributed by atoms with Crippen molar-refractivity contribution in [3.05, 3.63) is 71.3 Å². The predicted octanol–water partition coefficient (Wildman–Crippen LogP) is 4.72. The molecule has 1 heterocycles. The highest BCUT2D eigenvalue weighted by molar-refractivity contribution is 6.02. The van der Waals surface area contributed by atoms with Gasteiger partial charge < -0.3 is 15.3 Å². The molecular formula is C28H34N2O3. The van der Waals surface area contributed by atoms with E-state index in [0.717, 1.165) is 68.9 Å². The number of carbonyl (C=O) groups is 2. The third-order valence-electron chi connectivity index (χ3n) is 8.06. The monoisotopic (exact) mass is 446 g/mol. The standard InChI is InChI=1S/C28H34N2O3/c31-24(20-11-3-1-4-12-20)19-29-26(32)25-22-15-7-8-16-23(22)27(33)30(21-13-5-6-14-21)28(25)17-9-2-10-18-28/h1,3-4,7-8,11-12,15-16,21,24-25,31H,2,5-6,9-10,13-14,17-19H2,(H,29,32)/t24-,25-/m1/s1. The smallest absolute Gasteiger partial charge is 0.254 e. The highest BCUT2D eigenvalue weighted by atomic mass is 16.3. The third kappa shape index (κ3) is 3.97. The Labute approximate surface area is 196 Å². The van der Waals surface area contributed by atoms with Crippen molar-refractivity contribution < 1.29 is 14.7 Å². The highest BCUT2D eigenvalue weighted by Crippen LogP contribution is 2.51. The molecule has 1 aliphatic heterocycles. The number of nitrogens with zero attached hydrogens (tertiary/aromatic N) is 1. The molecule has 0 saturated heterocycles. The minimum Gasteiger partial charge on any atom is -0.387 e. The van der Waals surface area contributed by atoms with E-state index >= 15 is 0 Å². The predicted molar refractivity (Wildman–Crippen MR) is 128 cm³/mol. The van der Waals surface area contributed by atoms with Gasteiger partial charge in [-0.05, 0) is 42.9 Å². The van der Waals surface area contributed by atoms with Crippen LogP contribution in [0.25, 0.3) is 0 Å². The summed E-state index contributed by atoms with van der Waals surface area (Å²) in [6.45, 7) is 0.162. The molecule has 3 aliphatic rings. The molecule has 2 fully saturated rings. The fourth-order valence-electron chi connectivity index (χ4n) is 6.57. The number of aliphatic hydroxyl groups is 1. The molecule has 2 atom stereocenters. The van der Waals surface area contributed by atoms with Crippen molar-refractivity contribution in [1.29, 1.82) is 0 Å². The molecule has 33 heavy (non-hydrogen) atoms. The SMILES string of the molecule is O=C(NC[C@@H](O)c1ccccc1)[C@H]1c2ccccc2C(=O)N(C2CCCC2)C12CCCCC2. The number of amides is 2. The molecule has 2 saturated carbocycles. The molecule has 5 nitrogen and oxygen atoms in total. The molecule has 5 heteroatoms. The van der Waals surface area contributed by atoms with E-state index in [4.69, 9.17) is 0 Å².